The number of nitrogens with two attached hydrogens (primary N) is 1. The second-order valence-corrected chi connectivity index (χ2v) is 5.67. The van der Waals surface area contributed by atoms with Crippen molar-refractivity contribution in [3.8, 4) is 0 Å². The Hall–Kier alpha value is -0.860. The molecule has 0 atom stereocenters. The molecular weight excluding hydrogens is 198 g/mol. The molecule has 0 heterocycles. The second kappa shape index (κ2) is 3.86. The summed E-state index contributed by atoms with van der Waals surface area (Å²) in [5, 5.41) is 9.74. The molecule has 1 aliphatic rings. The first-order valence-corrected chi connectivity index (χ1v) is 5.97. The third-order valence-corrected chi connectivity index (χ3v) is 3.45. The average molecular weight is 219 g/mol. The summed E-state index contributed by atoms with van der Waals surface area (Å²) < 4.78 is 0. The van der Waals surface area contributed by atoms with Gasteiger partial charge in [-0.25, -0.2) is 0 Å². The van der Waals surface area contributed by atoms with Crippen molar-refractivity contribution in [1.82, 2.24) is 0 Å². The zero-order chi connectivity index (χ0) is 11.8. The number of hydrogen-bond acceptors (Lipinski definition) is 2. The van der Waals surface area contributed by atoms with E-state index >= 15 is 0 Å². The third kappa shape index (κ3) is 2.45. The summed E-state index contributed by atoms with van der Waals surface area (Å²) in [7, 11) is 0. The van der Waals surface area contributed by atoms with Gasteiger partial charge in [-0.05, 0) is 37.8 Å². The van der Waals surface area contributed by atoms with Crippen LogP contribution < -0.4 is 5.73 Å². The van der Waals surface area contributed by atoms with Crippen LogP contribution in [0, 0.1) is 0 Å². The van der Waals surface area contributed by atoms with E-state index in [2.05, 4.69) is 24.3 Å². The Morgan fingerprint density at radius 1 is 1.25 bits per heavy atom. The SMILES string of the molecule is CC(C)(O)Cc1ccc(C2(CN)CC2)cc1. The summed E-state index contributed by atoms with van der Waals surface area (Å²) >= 11 is 0. The van der Waals surface area contributed by atoms with Gasteiger partial charge in [-0.1, -0.05) is 24.3 Å². The smallest absolute Gasteiger partial charge is 0.0631 e. The van der Waals surface area contributed by atoms with Gasteiger partial charge in [0.1, 0.15) is 0 Å². The Morgan fingerprint density at radius 3 is 2.19 bits per heavy atom. The van der Waals surface area contributed by atoms with Gasteiger partial charge in [-0.2, -0.15) is 0 Å². The summed E-state index contributed by atoms with van der Waals surface area (Å²) in [6.45, 7) is 4.42. The molecule has 1 saturated carbocycles. The Balaban J connectivity index is 2.11. The fourth-order valence-electron chi connectivity index (χ4n) is 2.24. The zero-order valence-electron chi connectivity index (χ0n) is 10.2. The number of rotatable bonds is 4. The van der Waals surface area contributed by atoms with Gasteiger partial charge in [0.05, 0.1) is 5.60 Å². The minimum Gasteiger partial charge on any atom is -0.390 e. The molecule has 0 spiro atoms. The van der Waals surface area contributed by atoms with Crippen LogP contribution in [0.5, 0.6) is 0 Å². The van der Waals surface area contributed by atoms with Crippen LogP contribution in [0.15, 0.2) is 24.3 Å². The Labute approximate surface area is 97.5 Å². The first kappa shape index (κ1) is 11.6. The average Bonchev–Trinajstić information content (AvgIpc) is 2.97. The Bertz CT molecular complexity index is 357. The van der Waals surface area contributed by atoms with Crippen LogP contribution in [0.3, 0.4) is 0 Å². The topological polar surface area (TPSA) is 46.2 Å². The number of aliphatic hydroxyl groups is 1. The maximum atomic E-state index is 9.74. The molecule has 0 radical (unpaired) electrons. The first-order valence-electron chi connectivity index (χ1n) is 5.97. The van der Waals surface area contributed by atoms with Gasteiger partial charge in [0.2, 0.25) is 0 Å². The maximum absolute atomic E-state index is 9.74. The van der Waals surface area contributed by atoms with Crippen molar-refractivity contribution in [2.45, 2.75) is 44.1 Å². The van der Waals surface area contributed by atoms with Crippen molar-refractivity contribution in [3.05, 3.63) is 35.4 Å². The normalized spacial score (nSPS) is 18.5. The van der Waals surface area contributed by atoms with Gasteiger partial charge in [0.25, 0.3) is 0 Å². The van der Waals surface area contributed by atoms with Crippen molar-refractivity contribution < 1.29 is 5.11 Å². The lowest BCUT2D eigenvalue weighted by atomic mass is 9.92. The van der Waals surface area contributed by atoms with E-state index in [1.807, 2.05) is 13.8 Å². The van der Waals surface area contributed by atoms with Crippen molar-refractivity contribution in [2.24, 2.45) is 5.73 Å². The van der Waals surface area contributed by atoms with E-state index in [9.17, 15) is 5.11 Å². The largest absolute Gasteiger partial charge is 0.390 e. The Morgan fingerprint density at radius 2 is 1.81 bits per heavy atom. The molecule has 2 rings (SSSR count). The molecule has 16 heavy (non-hydrogen) atoms. The second-order valence-electron chi connectivity index (χ2n) is 5.67. The zero-order valence-corrected chi connectivity index (χ0v) is 10.2. The predicted octanol–water partition coefficient (Wildman–Crippen LogP) is 1.99. The molecule has 1 aromatic rings. The van der Waals surface area contributed by atoms with E-state index in [1.54, 1.807) is 0 Å². The molecule has 3 N–H and O–H groups in total. The highest BCUT2D eigenvalue weighted by Gasteiger charge is 2.42. The van der Waals surface area contributed by atoms with Gasteiger partial charge < -0.3 is 10.8 Å². The predicted molar refractivity (Wildman–Crippen MR) is 66.4 cm³/mol. The van der Waals surface area contributed by atoms with Crippen molar-refractivity contribution in [2.75, 3.05) is 6.54 Å². The molecule has 0 aliphatic heterocycles. The van der Waals surface area contributed by atoms with E-state index in [1.165, 1.54) is 24.0 Å². The van der Waals surface area contributed by atoms with Gasteiger partial charge in [0, 0.05) is 18.4 Å². The summed E-state index contributed by atoms with van der Waals surface area (Å²) in [6, 6.07) is 8.56. The van der Waals surface area contributed by atoms with Gasteiger partial charge in [0.15, 0.2) is 0 Å². The lowest BCUT2D eigenvalue weighted by Crippen LogP contribution is -2.22. The fourth-order valence-corrected chi connectivity index (χ4v) is 2.24. The monoisotopic (exact) mass is 219 g/mol. The molecule has 0 saturated heterocycles. The van der Waals surface area contributed by atoms with Crippen LogP contribution in [-0.2, 0) is 11.8 Å². The minimum absolute atomic E-state index is 0.271. The van der Waals surface area contributed by atoms with E-state index in [-0.39, 0.29) is 5.41 Å². The van der Waals surface area contributed by atoms with E-state index in [0.29, 0.717) is 6.42 Å². The molecule has 2 nitrogen and oxygen atoms in total. The summed E-state index contributed by atoms with van der Waals surface area (Å²) in [5.41, 5.74) is 7.98. The summed E-state index contributed by atoms with van der Waals surface area (Å²) in [5.74, 6) is 0. The van der Waals surface area contributed by atoms with Crippen LogP contribution in [-0.4, -0.2) is 17.3 Å². The lowest BCUT2D eigenvalue weighted by Gasteiger charge is -2.18. The number of benzene rings is 1. The fraction of sp³-hybridized carbons (Fsp3) is 0.571. The molecule has 0 aromatic heterocycles. The Kier molecular flexibility index (Phi) is 2.81. The van der Waals surface area contributed by atoms with E-state index < -0.39 is 5.60 Å². The standard InChI is InChI=1S/C14H21NO/c1-13(2,16)9-11-3-5-12(6-4-11)14(10-15)7-8-14/h3-6,16H,7-10,15H2,1-2H3. The molecule has 1 fully saturated rings. The highest BCUT2D eigenvalue weighted by molar-refractivity contribution is 5.34. The quantitative estimate of drug-likeness (QED) is 0.813. The molecule has 0 bridgehead atoms. The molecule has 2 heteroatoms. The van der Waals surface area contributed by atoms with Gasteiger partial charge in [-0.15, -0.1) is 0 Å². The van der Waals surface area contributed by atoms with Crippen LogP contribution in [0.2, 0.25) is 0 Å². The first-order chi connectivity index (χ1) is 7.45. The van der Waals surface area contributed by atoms with Gasteiger partial charge in [-0.3, -0.25) is 0 Å². The lowest BCUT2D eigenvalue weighted by molar-refractivity contribution is 0.0810. The molecule has 0 amide bonds. The minimum atomic E-state index is -0.632. The van der Waals surface area contributed by atoms with Crippen LogP contribution in [0.25, 0.3) is 0 Å². The highest BCUT2D eigenvalue weighted by atomic mass is 16.3. The molecule has 0 unspecified atom stereocenters. The molecule has 1 aliphatic carbocycles. The van der Waals surface area contributed by atoms with Crippen molar-refractivity contribution in [1.29, 1.82) is 0 Å². The number of hydrogen-bond donors (Lipinski definition) is 2. The van der Waals surface area contributed by atoms with Gasteiger partial charge >= 0.3 is 0 Å². The van der Waals surface area contributed by atoms with Crippen LogP contribution >= 0.6 is 0 Å². The molecular formula is C14H21NO. The van der Waals surface area contributed by atoms with Crippen LogP contribution in [0.4, 0.5) is 0 Å². The van der Waals surface area contributed by atoms with E-state index in [4.69, 9.17) is 5.73 Å². The highest BCUT2D eigenvalue weighted by Crippen LogP contribution is 2.47. The molecule has 88 valence electrons. The van der Waals surface area contributed by atoms with E-state index in [0.717, 1.165) is 6.54 Å². The third-order valence-electron chi connectivity index (χ3n) is 3.45. The van der Waals surface area contributed by atoms with Crippen LogP contribution in [0.1, 0.15) is 37.8 Å². The van der Waals surface area contributed by atoms with Crippen molar-refractivity contribution in [3.63, 3.8) is 0 Å². The summed E-state index contributed by atoms with van der Waals surface area (Å²) in [6.07, 6.45) is 3.13. The maximum Gasteiger partial charge on any atom is 0.0631 e. The molecule has 1 aromatic carbocycles. The summed E-state index contributed by atoms with van der Waals surface area (Å²) in [4.78, 5) is 0. The van der Waals surface area contributed by atoms with Crippen molar-refractivity contribution >= 4 is 0 Å².